The number of hydrogen-bond donors (Lipinski definition) is 1. The average molecular weight is 341 g/mol. The summed E-state index contributed by atoms with van der Waals surface area (Å²) in [5.74, 6) is 0.0260. The highest BCUT2D eigenvalue weighted by atomic mass is 79.9. The minimum Gasteiger partial charge on any atom is -0.301 e. The highest BCUT2D eigenvalue weighted by Gasteiger charge is 2.28. The predicted molar refractivity (Wildman–Crippen MR) is 78.2 cm³/mol. The van der Waals surface area contributed by atoms with Gasteiger partial charge >= 0.3 is 0 Å². The van der Waals surface area contributed by atoms with Crippen molar-refractivity contribution in [1.82, 2.24) is 4.98 Å². The molecule has 1 amide bonds. The molecule has 18 heavy (non-hydrogen) atoms. The number of amides is 1. The molecular formula is C12H9BrN2OS2. The number of benzene rings is 1. The van der Waals surface area contributed by atoms with E-state index in [9.17, 15) is 4.79 Å². The highest BCUT2D eigenvalue weighted by molar-refractivity contribution is 9.11. The Hall–Kier alpha value is -0.850. The van der Waals surface area contributed by atoms with Crippen LogP contribution in [0.15, 0.2) is 39.1 Å². The molecular weight excluding hydrogens is 332 g/mol. The number of rotatable bonds is 2. The molecule has 0 bridgehead atoms. The molecule has 1 unspecified atom stereocenters. The zero-order valence-electron chi connectivity index (χ0n) is 9.22. The van der Waals surface area contributed by atoms with Crippen LogP contribution in [0, 0.1) is 0 Å². The van der Waals surface area contributed by atoms with Crippen molar-refractivity contribution in [1.29, 1.82) is 0 Å². The standard InChI is InChI=1S/C12H9BrN2OS2/c13-10-6-14-12(18-10)15-11(16)9-5-7-3-1-2-4-8(7)17-9/h1-4,6,9H,5H2,(H,14,15,16). The van der Waals surface area contributed by atoms with Gasteiger partial charge in [-0.1, -0.05) is 29.5 Å². The number of thiazole rings is 1. The molecule has 0 saturated heterocycles. The molecule has 0 fully saturated rings. The van der Waals surface area contributed by atoms with E-state index in [2.05, 4.69) is 38.4 Å². The van der Waals surface area contributed by atoms with Crippen molar-refractivity contribution < 1.29 is 4.79 Å². The van der Waals surface area contributed by atoms with Crippen LogP contribution in [0.5, 0.6) is 0 Å². The lowest BCUT2D eigenvalue weighted by Crippen LogP contribution is -2.24. The summed E-state index contributed by atoms with van der Waals surface area (Å²) < 4.78 is 0.917. The van der Waals surface area contributed by atoms with Crippen molar-refractivity contribution in [3.8, 4) is 0 Å². The fraction of sp³-hybridized carbons (Fsp3) is 0.167. The number of aromatic nitrogens is 1. The number of nitrogens with zero attached hydrogens (tertiary/aromatic N) is 1. The lowest BCUT2D eigenvalue weighted by atomic mass is 10.1. The molecule has 6 heteroatoms. The topological polar surface area (TPSA) is 42.0 Å². The van der Waals surface area contributed by atoms with Crippen molar-refractivity contribution in [2.75, 3.05) is 5.32 Å². The fourth-order valence-electron chi connectivity index (χ4n) is 1.83. The molecule has 0 radical (unpaired) electrons. The summed E-state index contributed by atoms with van der Waals surface area (Å²) >= 11 is 6.37. The number of fused-ring (bicyclic) bond motifs is 1. The molecule has 1 atom stereocenters. The number of carbonyl (C=O) groups is 1. The van der Waals surface area contributed by atoms with Gasteiger partial charge in [0.1, 0.15) is 0 Å². The predicted octanol–water partition coefficient (Wildman–Crippen LogP) is 3.56. The number of carbonyl (C=O) groups excluding carboxylic acids is 1. The summed E-state index contributed by atoms with van der Waals surface area (Å²) in [4.78, 5) is 17.4. The second-order valence-electron chi connectivity index (χ2n) is 3.88. The quantitative estimate of drug-likeness (QED) is 0.908. The number of hydrogen-bond acceptors (Lipinski definition) is 4. The van der Waals surface area contributed by atoms with E-state index in [1.807, 2.05) is 12.1 Å². The molecule has 1 aliphatic rings. The van der Waals surface area contributed by atoms with Crippen LogP contribution >= 0.6 is 39.0 Å². The summed E-state index contributed by atoms with van der Waals surface area (Å²) in [5.41, 5.74) is 1.25. The minimum atomic E-state index is -0.0509. The van der Waals surface area contributed by atoms with Crippen LogP contribution in [0.4, 0.5) is 5.13 Å². The lowest BCUT2D eigenvalue weighted by Gasteiger charge is -2.06. The number of halogens is 1. The van der Waals surface area contributed by atoms with Gasteiger partial charge in [-0.25, -0.2) is 4.98 Å². The van der Waals surface area contributed by atoms with Gasteiger partial charge in [0, 0.05) is 4.90 Å². The van der Waals surface area contributed by atoms with E-state index in [0.29, 0.717) is 5.13 Å². The second kappa shape index (κ2) is 5.03. The highest BCUT2D eigenvalue weighted by Crippen LogP contribution is 2.37. The number of nitrogens with one attached hydrogen (secondary N) is 1. The second-order valence-corrected chi connectivity index (χ2v) is 7.53. The number of anilines is 1. The van der Waals surface area contributed by atoms with Gasteiger partial charge in [0.15, 0.2) is 5.13 Å². The summed E-state index contributed by atoms with van der Waals surface area (Å²) in [6, 6.07) is 8.16. The monoisotopic (exact) mass is 340 g/mol. The van der Waals surface area contributed by atoms with Crippen LogP contribution < -0.4 is 5.32 Å². The van der Waals surface area contributed by atoms with Crippen molar-refractivity contribution in [2.24, 2.45) is 0 Å². The normalized spacial score (nSPS) is 17.5. The van der Waals surface area contributed by atoms with Gasteiger partial charge in [-0.15, -0.1) is 11.8 Å². The summed E-state index contributed by atoms with van der Waals surface area (Å²) in [6.07, 6.45) is 2.48. The molecule has 2 heterocycles. The maximum atomic E-state index is 12.1. The Morgan fingerprint density at radius 2 is 2.28 bits per heavy atom. The maximum absolute atomic E-state index is 12.1. The minimum absolute atomic E-state index is 0.0260. The molecule has 0 aliphatic carbocycles. The molecule has 1 aromatic carbocycles. The van der Waals surface area contributed by atoms with E-state index < -0.39 is 0 Å². The summed E-state index contributed by atoms with van der Waals surface area (Å²) in [6.45, 7) is 0. The van der Waals surface area contributed by atoms with E-state index in [4.69, 9.17) is 0 Å². The maximum Gasteiger partial charge on any atom is 0.239 e. The largest absolute Gasteiger partial charge is 0.301 e. The van der Waals surface area contributed by atoms with Gasteiger partial charge in [0.2, 0.25) is 5.91 Å². The van der Waals surface area contributed by atoms with Gasteiger partial charge in [-0.2, -0.15) is 0 Å². The first-order chi connectivity index (χ1) is 8.72. The van der Waals surface area contributed by atoms with Gasteiger partial charge < -0.3 is 5.32 Å². The summed E-state index contributed by atoms with van der Waals surface area (Å²) in [5, 5.41) is 3.45. The molecule has 0 saturated carbocycles. The van der Waals surface area contributed by atoms with Gasteiger partial charge in [-0.05, 0) is 34.0 Å². The van der Waals surface area contributed by atoms with Crippen molar-refractivity contribution in [3.63, 3.8) is 0 Å². The van der Waals surface area contributed by atoms with E-state index in [1.54, 1.807) is 18.0 Å². The molecule has 2 aromatic rings. The van der Waals surface area contributed by atoms with Crippen LogP contribution in [0.2, 0.25) is 0 Å². The smallest absolute Gasteiger partial charge is 0.239 e. The third kappa shape index (κ3) is 2.46. The van der Waals surface area contributed by atoms with E-state index in [-0.39, 0.29) is 11.2 Å². The average Bonchev–Trinajstić information content (AvgIpc) is 2.95. The van der Waals surface area contributed by atoms with E-state index >= 15 is 0 Å². The molecule has 1 aliphatic heterocycles. The van der Waals surface area contributed by atoms with Gasteiger partial charge in [-0.3, -0.25) is 4.79 Å². The van der Waals surface area contributed by atoms with E-state index in [1.165, 1.54) is 21.8 Å². The molecule has 1 N–H and O–H groups in total. The zero-order valence-corrected chi connectivity index (χ0v) is 12.4. The van der Waals surface area contributed by atoms with Crippen LogP contribution in [-0.2, 0) is 11.2 Å². The Kier molecular flexibility index (Phi) is 3.41. The van der Waals surface area contributed by atoms with Crippen molar-refractivity contribution in [3.05, 3.63) is 39.8 Å². The Morgan fingerprint density at radius 1 is 1.44 bits per heavy atom. The first kappa shape index (κ1) is 12.2. The van der Waals surface area contributed by atoms with Crippen molar-refractivity contribution >= 4 is 50.1 Å². The first-order valence-electron chi connectivity index (χ1n) is 5.39. The van der Waals surface area contributed by atoms with Crippen molar-refractivity contribution in [2.45, 2.75) is 16.6 Å². The number of thioether (sulfide) groups is 1. The van der Waals surface area contributed by atoms with Crippen LogP contribution in [0.3, 0.4) is 0 Å². The van der Waals surface area contributed by atoms with Crippen LogP contribution in [0.1, 0.15) is 5.56 Å². The van der Waals surface area contributed by atoms with Crippen LogP contribution in [-0.4, -0.2) is 16.1 Å². The Balaban J connectivity index is 1.69. The van der Waals surface area contributed by atoms with Gasteiger partial charge in [0.25, 0.3) is 0 Å². The first-order valence-corrected chi connectivity index (χ1v) is 7.88. The molecule has 3 rings (SSSR count). The molecule has 3 nitrogen and oxygen atoms in total. The molecule has 0 spiro atoms. The third-order valence-electron chi connectivity index (χ3n) is 2.65. The Morgan fingerprint density at radius 3 is 3.00 bits per heavy atom. The summed E-state index contributed by atoms with van der Waals surface area (Å²) in [7, 11) is 0. The Labute approximate surface area is 121 Å². The molecule has 1 aromatic heterocycles. The van der Waals surface area contributed by atoms with Crippen LogP contribution in [0.25, 0.3) is 0 Å². The van der Waals surface area contributed by atoms with E-state index in [0.717, 1.165) is 10.2 Å². The Bertz CT molecular complexity index is 574. The van der Waals surface area contributed by atoms with Gasteiger partial charge in [0.05, 0.1) is 15.2 Å². The molecule has 92 valence electrons. The SMILES string of the molecule is O=C(Nc1ncc(Br)s1)C1Cc2ccccc2S1. The fourth-order valence-corrected chi connectivity index (χ4v) is 4.13. The zero-order chi connectivity index (χ0) is 12.5. The third-order valence-corrected chi connectivity index (χ3v) is 5.36. The lowest BCUT2D eigenvalue weighted by molar-refractivity contribution is -0.115.